The van der Waals surface area contributed by atoms with Crippen molar-refractivity contribution < 1.29 is 28.9 Å². The number of carbonyl (C=O) groups is 2. The molecule has 2 fully saturated rings. The minimum Gasteiger partial charge on any atom is -0.472 e. The maximum Gasteiger partial charge on any atom is 0.407 e. The minimum atomic E-state index is -0.926. The quantitative estimate of drug-likeness (QED) is 0.0401. The number of ether oxygens (including phenoxy) is 3. The van der Waals surface area contributed by atoms with Crippen LogP contribution in [0, 0.1) is 29.6 Å². The van der Waals surface area contributed by atoms with Crippen LogP contribution in [-0.4, -0.2) is 110 Å². The number of alkyl carbamates (subject to hydrolysis) is 1. The van der Waals surface area contributed by atoms with Gasteiger partial charge in [-0.25, -0.2) is 14.8 Å². The fourth-order valence-corrected chi connectivity index (χ4v) is 12.0. The minimum absolute atomic E-state index is 0.0325. The van der Waals surface area contributed by atoms with Gasteiger partial charge < -0.3 is 55.1 Å². The topological polar surface area (TPSA) is 201 Å². The van der Waals surface area contributed by atoms with Crippen molar-refractivity contribution in [2.24, 2.45) is 35.3 Å². The monoisotopic (exact) mass is 1020 g/mol. The van der Waals surface area contributed by atoms with Crippen LogP contribution in [0.2, 0.25) is 0 Å². The molecule has 16 nitrogen and oxygen atoms in total. The standard InChI is InChI=1S/C59H80N10O6/c1-10-38(22-25-73-8)51(35(4)5)57(70)67-23-12-16-48(67)55-62-31-45(64-55)39-19-21-47-43(27-39)52(41-15-11-14-37(26-41)29-61-30-44(60)34(2)3)54-42-20-18-40(28-50(42)75-33-69(47)54)46-32-63-56(65-46)49-17-13-24-68(49)58(71)53(36(6)7)66-59(72)74-9/h11,14-15,18-21,26-28,31-32,34-36,38,44,48-49,51,53,58,61,71H,10,12-13,16-17,22-25,29-30,33,60H2,1-9H3,(H,62,64)(H,63,65)(H,66,72). The molecule has 402 valence electrons. The Kier molecular flexibility index (Phi) is 16.8. The van der Waals surface area contributed by atoms with Crippen molar-refractivity contribution in [1.29, 1.82) is 0 Å². The van der Waals surface area contributed by atoms with E-state index in [9.17, 15) is 14.7 Å². The average molecular weight is 1030 g/mol. The molecule has 7 unspecified atom stereocenters. The van der Waals surface area contributed by atoms with Gasteiger partial charge in [0.2, 0.25) is 5.91 Å². The van der Waals surface area contributed by atoms with E-state index >= 15 is 0 Å². The molecular formula is C59H80N10O6. The Bertz CT molecular complexity index is 2920. The van der Waals surface area contributed by atoms with Crippen LogP contribution in [0.1, 0.15) is 116 Å². The van der Waals surface area contributed by atoms with E-state index in [0.29, 0.717) is 32.3 Å². The molecular weight excluding hydrogens is 945 g/mol. The Balaban J connectivity index is 1.05. The molecule has 7 N–H and O–H groups in total. The summed E-state index contributed by atoms with van der Waals surface area (Å²) in [7, 11) is 3.06. The number of likely N-dealkylation sites (tertiary alicyclic amines) is 2. The first-order valence-electron chi connectivity index (χ1n) is 27.4. The van der Waals surface area contributed by atoms with Gasteiger partial charge >= 0.3 is 6.09 Å². The number of aliphatic hydroxyl groups is 1. The average Bonchev–Trinajstić information content (AvgIpc) is 4.29. The van der Waals surface area contributed by atoms with E-state index in [2.05, 4.69) is 125 Å². The van der Waals surface area contributed by atoms with Gasteiger partial charge in [0.25, 0.3) is 0 Å². The Morgan fingerprint density at radius 2 is 1.57 bits per heavy atom. The molecule has 3 aliphatic heterocycles. The number of nitrogens with one attached hydrogen (secondary N) is 4. The second kappa shape index (κ2) is 23.5. The van der Waals surface area contributed by atoms with Crippen molar-refractivity contribution in [2.45, 2.75) is 131 Å². The van der Waals surface area contributed by atoms with Crippen molar-refractivity contribution in [3.63, 3.8) is 0 Å². The van der Waals surface area contributed by atoms with Gasteiger partial charge in [-0.2, -0.15) is 0 Å². The number of fused-ring (bicyclic) bond motifs is 5. The predicted molar refractivity (Wildman–Crippen MR) is 294 cm³/mol. The first-order valence-corrected chi connectivity index (χ1v) is 27.4. The second-order valence-corrected chi connectivity index (χ2v) is 22.1. The van der Waals surface area contributed by atoms with Crippen molar-refractivity contribution in [3.05, 3.63) is 90.3 Å². The lowest BCUT2D eigenvalue weighted by Gasteiger charge is -2.35. The number of nitrogens with zero attached hydrogens (tertiary/aromatic N) is 5. The highest BCUT2D eigenvalue weighted by Crippen LogP contribution is 2.48. The molecule has 75 heavy (non-hydrogen) atoms. The van der Waals surface area contributed by atoms with Crippen LogP contribution >= 0.6 is 0 Å². The van der Waals surface area contributed by atoms with Crippen LogP contribution in [-0.2, 0) is 27.5 Å². The number of nitrogens with two attached hydrogens (primary N) is 1. The van der Waals surface area contributed by atoms with E-state index in [0.717, 1.165) is 130 Å². The number of amides is 2. The summed E-state index contributed by atoms with van der Waals surface area (Å²) in [6.07, 6.45) is 7.58. The summed E-state index contributed by atoms with van der Waals surface area (Å²) in [4.78, 5) is 48.0. The molecule has 7 atom stereocenters. The van der Waals surface area contributed by atoms with Gasteiger partial charge in [-0.3, -0.25) is 9.69 Å². The first-order chi connectivity index (χ1) is 36.2. The largest absolute Gasteiger partial charge is 0.472 e. The molecule has 9 rings (SSSR count). The highest BCUT2D eigenvalue weighted by atomic mass is 16.5. The molecule has 6 heterocycles. The molecule has 0 saturated carbocycles. The zero-order valence-electron chi connectivity index (χ0n) is 45.5. The zero-order valence-corrected chi connectivity index (χ0v) is 45.5. The predicted octanol–water partition coefficient (Wildman–Crippen LogP) is 10.0. The SMILES string of the molecule is CCC(CCOC)C(C(=O)N1CCCC1c1ncc(-c2ccc3c(c2)c(-c2cccc(CNCC(N)C(C)C)c2)c2n3COc3cc(-c4cnc(C5CCCN5C(O)C(NC(=O)OC)C(C)C)[nH]4)ccc3-2)[nH]1)C(C)C. The molecule has 2 amide bonds. The van der Waals surface area contributed by atoms with E-state index in [4.69, 9.17) is 29.9 Å². The van der Waals surface area contributed by atoms with E-state index < -0.39 is 18.4 Å². The van der Waals surface area contributed by atoms with Crippen LogP contribution in [0.3, 0.4) is 0 Å². The van der Waals surface area contributed by atoms with Crippen molar-refractivity contribution in [3.8, 4) is 50.6 Å². The second-order valence-electron chi connectivity index (χ2n) is 22.1. The van der Waals surface area contributed by atoms with E-state index in [1.807, 2.05) is 31.1 Å². The fourth-order valence-electron chi connectivity index (χ4n) is 12.0. The maximum atomic E-state index is 14.5. The third-order valence-corrected chi connectivity index (χ3v) is 16.3. The van der Waals surface area contributed by atoms with Crippen molar-refractivity contribution >= 4 is 22.9 Å². The van der Waals surface area contributed by atoms with Crippen LogP contribution in [0.25, 0.3) is 55.8 Å². The Morgan fingerprint density at radius 3 is 2.27 bits per heavy atom. The van der Waals surface area contributed by atoms with Gasteiger partial charge in [-0.05, 0) is 97.2 Å². The number of aromatic nitrogens is 5. The molecule has 16 heteroatoms. The third-order valence-electron chi connectivity index (χ3n) is 16.3. The number of imidazole rings is 2. The van der Waals surface area contributed by atoms with E-state index in [-0.39, 0.29) is 47.7 Å². The Morgan fingerprint density at radius 1 is 0.867 bits per heavy atom. The van der Waals surface area contributed by atoms with Gasteiger partial charge in [0.15, 0.2) is 6.73 Å². The summed E-state index contributed by atoms with van der Waals surface area (Å²) in [5.74, 6) is 3.31. The number of rotatable bonds is 21. The molecule has 3 aromatic heterocycles. The van der Waals surface area contributed by atoms with Gasteiger partial charge in [0, 0.05) is 79.5 Å². The first kappa shape index (κ1) is 53.8. The lowest BCUT2D eigenvalue weighted by atomic mass is 9.79. The van der Waals surface area contributed by atoms with Crippen LogP contribution < -0.4 is 21.1 Å². The van der Waals surface area contributed by atoms with E-state index in [1.54, 1.807) is 7.11 Å². The van der Waals surface area contributed by atoms with Crippen LogP contribution in [0.4, 0.5) is 4.79 Å². The maximum absolute atomic E-state index is 14.5. The van der Waals surface area contributed by atoms with Crippen LogP contribution in [0.5, 0.6) is 5.75 Å². The summed E-state index contributed by atoms with van der Waals surface area (Å²) < 4.78 is 19.3. The number of aliphatic hydroxyl groups excluding tert-OH is 1. The summed E-state index contributed by atoms with van der Waals surface area (Å²) >= 11 is 0. The van der Waals surface area contributed by atoms with Crippen LogP contribution in [0.15, 0.2) is 73.1 Å². The zero-order chi connectivity index (χ0) is 53.1. The lowest BCUT2D eigenvalue weighted by Crippen LogP contribution is -2.54. The summed E-state index contributed by atoms with van der Waals surface area (Å²) in [6.45, 7) is 18.5. The highest BCUT2D eigenvalue weighted by molar-refractivity contribution is 6.07. The normalized spacial score (nSPS) is 18.8. The molecule has 0 aliphatic carbocycles. The Hall–Kier alpha value is -6.04. The number of benzene rings is 3. The van der Waals surface area contributed by atoms with Gasteiger partial charge in [-0.15, -0.1) is 0 Å². The van der Waals surface area contributed by atoms with Crippen molar-refractivity contribution in [1.82, 2.24) is 44.9 Å². The summed E-state index contributed by atoms with van der Waals surface area (Å²) in [5.41, 5.74) is 16.6. The molecule has 0 radical (unpaired) electrons. The van der Waals surface area contributed by atoms with Crippen molar-refractivity contribution in [2.75, 3.05) is 40.5 Å². The molecule has 3 aromatic carbocycles. The smallest absolute Gasteiger partial charge is 0.407 e. The molecule has 2 saturated heterocycles. The number of hydrogen-bond acceptors (Lipinski definition) is 11. The number of hydrogen-bond donors (Lipinski definition) is 6. The number of carbonyl (C=O) groups excluding carboxylic acids is 2. The molecule has 0 spiro atoms. The van der Waals surface area contributed by atoms with Gasteiger partial charge in [-0.1, -0.05) is 85.2 Å². The molecule has 0 bridgehead atoms. The highest BCUT2D eigenvalue weighted by Gasteiger charge is 2.41. The number of methoxy groups -OCH3 is 2. The third kappa shape index (κ3) is 11.1. The fraction of sp³-hybridized carbons (Fsp3) is 0.525. The Labute approximate surface area is 442 Å². The lowest BCUT2D eigenvalue weighted by molar-refractivity contribution is -0.140. The van der Waals surface area contributed by atoms with Gasteiger partial charge in [0.1, 0.15) is 23.6 Å². The molecule has 6 aromatic rings. The van der Waals surface area contributed by atoms with E-state index in [1.165, 1.54) is 7.11 Å². The van der Waals surface area contributed by atoms with Gasteiger partial charge in [0.05, 0.1) is 60.2 Å². The summed E-state index contributed by atoms with van der Waals surface area (Å²) in [6, 6.07) is 21.0. The molecule has 3 aliphatic rings. The number of aromatic amines is 2. The summed E-state index contributed by atoms with van der Waals surface area (Å²) in [5, 5.41) is 19.1. The number of H-pyrrole nitrogens is 2.